The Labute approximate surface area is 97.8 Å². The van der Waals surface area contributed by atoms with E-state index >= 15 is 0 Å². The van der Waals surface area contributed by atoms with Gasteiger partial charge in [-0.1, -0.05) is 0 Å². The summed E-state index contributed by atoms with van der Waals surface area (Å²) in [6, 6.07) is 0.215. The number of rotatable bonds is 7. The molecule has 1 aromatic rings. The Hall–Kier alpha value is -0.590. The van der Waals surface area contributed by atoms with Crippen molar-refractivity contribution < 1.29 is 13.5 Å². The van der Waals surface area contributed by atoms with Crippen molar-refractivity contribution in [1.82, 2.24) is 10.3 Å². The summed E-state index contributed by atoms with van der Waals surface area (Å²) in [6.07, 6.45) is -1.80. The van der Waals surface area contributed by atoms with E-state index in [0.29, 0.717) is 13.0 Å². The van der Waals surface area contributed by atoms with Gasteiger partial charge in [0.05, 0.1) is 17.3 Å². The summed E-state index contributed by atoms with van der Waals surface area (Å²) in [6.45, 7) is 1.82. The third-order valence-electron chi connectivity index (χ3n) is 2.15. The van der Waals surface area contributed by atoms with Crippen LogP contribution in [0.3, 0.4) is 0 Å². The van der Waals surface area contributed by atoms with Crippen LogP contribution >= 0.6 is 11.3 Å². The van der Waals surface area contributed by atoms with Crippen LogP contribution < -0.4 is 5.32 Å². The number of thiazole rings is 1. The van der Waals surface area contributed by atoms with Crippen LogP contribution in [0.1, 0.15) is 23.7 Å². The molecule has 0 aromatic carbocycles. The summed E-state index contributed by atoms with van der Waals surface area (Å²) < 4.78 is 28.3. The minimum atomic E-state index is -2.39. The van der Waals surface area contributed by atoms with Crippen molar-refractivity contribution in [3.05, 3.63) is 16.1 Å². The molecule has 0 amide bonds. The zero-order valence-corrected chi connectivity index (χ0v) is 10.2. The van der Waals surface area contributed by atoms with E-state index in [-0.39, 0.29) is 6.04 Å². The van der Waals surface area contributed by atoms with Gasteiger partial charge in [0.1, 0.15) is 6.61 Å². The Morgan fingerprint density at radius 1 is 1.56 bits per heavy atom. The quantitative estimate of drug-likeness (QED) is 0.754. The highest BCUT2D eigenvalue weighted by atomic mass is 32.1. The van der Waals surface area contributed by atoms with Gasteiger partial charge in [-0.2, -0.15) is 0 Å². The summed E-state index contributed by atoms with van der Waals surface area (Å²) in [7, 11) is 1.87. The first-order valence-electron chi connectivity index (χ1n) is 5.11. The second-order valence-corrected chi connectivity index (χ2v) is 4.34. The van der Waals surface area contributed by atoms with Crippen LogP contribution in [0.4, 0.5) is 8.78 Å². The third-order valence-corrected chi connectivity index (χ3v) is 3.08. The lowest BCUT2D eigenvalue weighted by Gasteiger charge is -2.05. The van der Waals surface area contributed by atoms with Gasteiger partial charge in [-0.15, -0.1) is 11.3 Å². The van der Waals surface area contributed by atoms with Gasteiger partial charge in [0.2, 0.25) is 0 Å². The van der Waals surface area contributed by atoms with Crippen LogP contribution in [-0.2, 0) is 11.2 Å². The monoisotopic (exact) mass is 250 g/mol. The number of nitrogens with zero attached hydrogens (tertiary/aromatic N) is 1. The molecule has 0 aliphatic rings. The molecule has 16 heavy (non-hydrogen) atoms. The van der Waals surface area contributed by atoms with Crippen molar-refractivity contribution >= 4 is 11.3 Å². The number of aromatic nitrogens is 1. The number of hydrogen-bond acceptors (Lipinski definition) is 4. The predicted octanol–water partition coefficient (Wildman–Crippen LogP) is 2.25. The Morgan fingerprint density at radius 2 is 2.31 bits per heavy atom. The number of nitrogens with one attached hydrogen (secondary N) is 1. The molecule has 92 valence electrons. The van der Waals surface area contributed by atoms with Gasteiger partial charge in [-0.25, -0.2) is 13.8 Å². The first-order chi connectivity index (χ1) is 7.63. The molecule has 1 atom stereocenters. The fourth-order valence-corrected chi connectivity index (χ4v) is 1.99. The minimum Gasteiger partial charge on any atom is -0.375 e. The lowest BCUT2D eigenvalue weighted by molar-refractivity contribution is 0.0187. The molecule has 0 radical (unpaired) electrons. The predicted molar refractivity (Wildman–Crippen MR) is 60.1 cm³/mol. The second kappa shape index (κ2) is 6.88. The molecule has 1 heterocycles. The molecule has 0 saturated heterocycles. The van der Waals surface area contributed by atoms with Crippen LogP contribution in [-0.4, -0.2) is 31.7 Å². The Kier molecular flexibility index (Phi) is 5.79. The van der Waals surface area contributed by atoms with Gasteiger partial charge in [0.25, 0.3) is 6.43 Å². The van der Waals surface area contributed by atoms with Crippen molar-refractivity contribution in [2.24, 2.45) is 0 Å². The van der Waals surface area contributed by atoms with Gasteiger partial charge in [-0.3, -0.25) is 0 Å². The van der Waals surface area contributed by atoms with E-state index in [9.17, 15) is 8.78 Å². The SMILES string of the molecule is CNC(C)c1csc(CCOCC(F)F)n1. The molecule has 1 N–H and O–H groups in total. The first kappa shape index (κ1) is 13.5. The summed E-state index contributed by atoms with van der Waals surface area (Å²) in [4.78, 5) is 4.39. The lowest BCUT2D eigenvalue weighted by atomic mass is 10.3. The van der Waals surface area contributed by atoms with Crippen LogP contribution in [0, 0.1) is 0 Å². The number of hydrogen-bond donors (Lipinski definition) is 1. The topological polar surface area (TPSA) is 34.1 Å². The molecule has 3 nitrogen and oxygen atoms in total. The van der Waals surface area contributed by atoms with E-state index in [4.69, 9.17) is 4.74 Å². The number of halogens is 2. The van der Waals surface area contributed by atoms with Crippen molar-refractivity contribution in [2.45, 2.75) is 25.8 Å². The standard InChI is InChI=1S/C10H16F2N2OS/c1-7(13-2)8-6-16-10(14-8)3-4-15-5-9(11)12/h6-7,9,13H,3-5H2,1-2H3. The normalized spacial score (nSPS) is 13.3. The summed E-state index contributed by atoms with van der Waals surface area (Å²) >= 11 is 1.53. The van der Waals surface area contributed by atoms with Crippen molar-refractivity contribution in [1.29, 1.82) is 0 Å². The maximum atomic E-state index is 11.8. The molecular formula is C10H16F2N2OS. The molecule has 1 rings (SSSR count). The van der Waals surface area contributed by atoms with E-state index in [0.717, 1.165) is 10.7 Å². The van der Waals surface area contributed by atoms with E-state index in [1.165, 1.54) is 11.3 Å². The van der Waals surface area contributed by atoms with Crippen molar-refractivity contribution in [2.75, 3.05) is 20.3 Å². The zero-order valence-electron chi connectivity index (χ0n) is 9.37. The molecule has 0 bridgehead atoms. The van der Waals surface area contributed by atoms with Crippen LogP contribution in [0.2, 0.25) is 0 Å². The number of ether oxygens (including phenoxy) is 1. The lowest BCUT2D eigenvalue weighted by Crippen LogP contribution is -2.12. The van der Waals surface area contributed by atoms with E-state index in [2.05, 4.69) is 10.3 Å². The molecule has 1 aromatic heterocycles. The maximum Gasteiger partial charge on any atom is 0.261 e. The fraction of sp³-hybridized carbons (Fsp3) is 0.700. The van der Waals surface area contributed by atoms with Gasteiger partial charge in [0, 0.05) is 17.8 Å². The highest BCUT2D eigenvalue weighted by Crippen LogP contribution is 2.16. The molecular weight excluding hydrogens is 234 g/mol. The van der Waals surface area contributed by atoms with Crippen LogP contribution in [0.5, 0.6) is 0 Å². The Balaban J connectivity index is 2.29. The fourth-order valence-electron chi connectivity index (χ4n) is 1.12. The molecule has 0 spiro atoms. The summed E-state index contributed by atoms with van der Waals surface area (Å²) in [5, 5.41) is 5.99. The molecule has 0 aliphatic carbocycles. The minimum absolute atomic E-state index is 0.215. The van der Waals surface area contributed by atoms with Gasteiger partial charge < -0.3 is 10.1 Å². The second-order valence-electron chi connectivity index (χ2n) is 3.39. The third kappa shape index (κ3) is 4.51. The van der Waals surface area contributed by atoms with E-state index < -0.39 is 13.0 Å². The smallest absolute Gasteiger partial charge is 0.261 e. The highest BCUT2D eigenvalue weighted by molar-refractivity contribution is 7.09. The highest BCUT2D eigenvalue weighted by Gasteiger charge is 2.08. The Morgan fingerprint density at radius 3 is 2.94 bits per heavy atom. The van der Waals surface area contributed by atoms with Gasteiger partial charge in [0.15, 0.2) is 0 Å². The molecule has 0 saturated carbocycles. The average Bonchev–Trinajstić information content (AvgIpc) is 2.71. The van der Waals surface area contributed by atoms with Crippen LogP contribution in [0.15, 0.2) is 5.38 Å². The average molecular weight is 250 g/mol. The molecule has 1 unspecified atom stereocenters. The molecule has 0 fully saturated rings. The van der Waals surface area contributed by atoms with Crippen molar-refractivity contribution in [3.8, 4) is 0 Å². The zero-order chi connectivity index (χ0) is 12.0. The number of alkyl halides is 2. The first-order valence-corrected chi connectivity index (χ1v) is 5.99. The van der Waals surface area contributed by atoms with Gasteiger partial charge in [-0.05, 0) is 14.0 Å². The van der Waals surface area contributed by atoms with E-state index in [1.54, 1.807) is 0 Å². The van der Waals surface area contributed by atoms with E-state index in [1.807, 2.05) is 19.4 Å². The Bertz CT molecular complexity index is 307. The van der Waals surface area contributed by atoms with Crippen LogP contribution in [0.25, 0.3) is 0 Å². The largest absolute Gasteiger partial charge is 0.375 e. The van der Waals surface area contributed by atoms with Gasteiger partial charge >= 0.3 is 0 Å². The molecule has 0 aliphatic heterocycles. The molecule has 6 heteroatoms. The van der Waals surface area contributed by atoms with Crippen molar-refractivity contribution in [3.63, 3.8) is 0 Å². The maximum absolute atomic E-state index is 11.8. The summed E-state index contributed by atoms with van der Waals surface area (Å²) in [5.41, 5.74) is 0.983. The summed E-state index contributed by atoms with van der Waals surface area (Å²) in [5.74, 6) is 0.